The Morgan fingerprint density at radius 3 is 2.48 bits per heavy atom. The van der Waals surface area contributed by atoms with Crippen molar-refractivity contribution in [2.24, 2.45) is 0 Å². The van der Waals surface area contributed by atoms with Gasteiger partial charge in [-0.3, -0.25) is 9.59 Å². The highest BCUT2D eigenvalue weighted by Gasteiger charge is 2.15. The van der Waals surface area contributed by atoms with Crippen LogP contribution in [-0.2, 0) is 16.0 Å². The first-order chi connectivity index (χ1) is 13.1. The van der Waals surface area contributed by atoms with Crippen molar-refractivity contribution in [2.75, 3.05) is 20.7 Å². The molecule has 6 nitrogen and oxygen atoms in total. The largest absolute Gasteiger partial charge is 0.497 e. The van der Waals surface area contributed by atoms with Crippen molar-refractivity contribution in [2.45, 2.75) is 12.8 Å². The van der Waals surface area contributed by atoms with Gasteiger partial charge >= 0.3 is 0 Å². The van der Waals surface area contributed by atoms with Crippen LogP contribution in [0.4, 0.5) is 0 Å². The van der Waals surface area contributed by atoms with E-state index in [4.69, 9.17) is 4.74 Å². The Labute approximate surface area is 157 Å². The Hall–Kier alpha value is -3.28. The highest BCUT2D eigenvalue weighted by molar-refractivity contribution is 5.91. The quantitative estimate of drug-likeness (QED) is 0.602. The fraction of sp³-hybridized carbons (Fsp3) is 0.238. The standard InChI is InChI=1S/C21H23N3O3/c1-22-20(26)13-23-19(25)12-11-17-16-5-3-4-6-18(16)24-21(17)14-7-9-15(27-2)10-8-14/h3-10,24H,11-13H2,1-2H3,(H,22,26)(H,23,25). The van der Waals surface area contributed by atoms with Gasteiger partial charge in [-0.2, -0.15) is 0 Å². The zero-order valence-corrected chi connectivity index (χ0v) is 15.5. The summed E-state index contributed by atoms with van der Waals surface area (Å²) in [5.41, 5.74) is 4.15. The molecular formula is C21H23N3O3. The SMILES string of the molecule is CNC(=O)CNC(=O)CCc1c(-c2ccc(OC)cc2)[nH]c2ccccc12. The summed E-state index contributed by atoms with van der Waals surface area (Å²) >= 11 is 0. The van der Waals surface area contributed by atoms with Gasteiger partial charge in [-0.1, -0.05) is 18.2 Å². The number of fused-ring (bicyclic) bond motifs is 1. The summed E-state index contributed by atoms with van der Waals surface area (Å²) in [7, 11) is 3.18. The molecule has 0 atom stereocenters. The number of aromatic nitrogens is 1. The molecule has 3 N–H and O–H groups in total. The molecule has 0 fully saturated rings. The Balaban J connectivity index is 1.84. The molecule has 0 bridgehead atoms. The van der Waals surface area contributed by atoms with Gasteiger partial charge in [0.25, 0.3) is 0 Å². The molecule has 6 heteroatoms. The molecule has 0 aliphatic heterocycles. The van der Waals surface area contributed by atoms with Crippen LogP contribution < -0.4 is 15.4 Å². The smallest absolute Gasteiger partial charge is 0.239 e. The first-order valence-corrected chi connectivity index (χ1v) is 8.83. The zero-order chi connectivity index (χ0) is 19.2. The Kier molecular flexibility index (Phi) is 5.76. The molecule has 27 heavy (non-hydrogen) atoms. The molecule has 2 amide bonds. The van der Waals surface area contributed by atoms with Crippen molar-refractivity contribution in [1.29, 1.82) is 0 Å². The fourth-order valence-corrected chi connectivity index (χ4v) is 3.06. The third-order valence-corrected chi connectivity index (χ3v) is 4.52. The number of para-hydroxylation sites is 1. The maximum Gasteiger partial charge on any atom is 0.239 e. The van der Waals surface area contributed by atoms with Gasteiger partial charge in [-0.15, -0.1) is 0 Å². The van der Waals surface area contributed by atoms with Crippen LogP contribution in [0.15, 0.2) is 48.5 Å². The molecule has 2 aromatic carbocycles. The topological polar surface area (TPSA) is 83.2 Å². The van der Waals surface area contributed by atoms with Gasteiger partial charge < -0.3 is 20.4 Å². The lowest BCUT2D eigenvalue weighted by Crippen LogP contribution is -2.35. The number of ether oxygens (including phenoxy) is 1. The Bertz CT molecular complexity index is 945. The number of H-pyrrole nitrogens is 1. The third-order valence-electron chi connectivity index (χ3n) is 4.52. The van der Waals surface area contributed by atoms with Crippen LogP contribution in [0.25, 0.3) is 22.2 Å². The van der Waals surface area contributed by atoms with E-state index in [2.05, 4.69) is 21.7 Å². The highest BCUT2D eigenvalue weighted by atomic mass is 16.5. The summed E-state index contributed by atoms with van der Waals surface area (Å²) in [6, 6.07) is 15.9. The van der Waals surface area contributed by atoms with Crippen LogP contribution >= 0.6 is 0 Å². The summed E-state index contributed by atoms with van der Waals surface area (Å²) in [6.45, 7) is -0.00540. The lowest BCUT2D eigenvalue weighted by atomic mass is 10.0. The number of carbonyl (C=O) groups is 2. The van der Waals surface area contributed by atoms with E-state index in [1.165, 1.54) is 0 Å². The molecule has 0 aliphatic rings. The van der Waals surface area contributed by atoms with E-state index in [9.17, 15) is 9.59 Å². The molecule has 1 heterocycles. The van der Waals surface area contributed by atoms with Crippen LogP contribution in [0.2, 0.25) is 0 Å². The van der Waals surface area contributed by atoms with Crippen LogP contribution in [-0.4, -0.2) is 37.5 Å². The molecule has 0 spiro atoms. The van der Waals surface area contributed by atoms with Crippen molar-refractivity contribution in [3.63, 3.8) is 0 Å². The molecule has 0 saturated carbocycles. The van der Waals surface area contributed by atoms with E-state index in [1.807, 2.05) is 42.5 Å². The molecule has 0 radical (unpaired) electrons. The molecule has 1 aromatic heterocycles. The van der Waals surface area contributed by atoms with E-state index in [-0.39, 0.29) is 18.4 Å². The van der Waals surface area contributed by atoms with Crippen LogP contribution in [0.5, 0.6) is 5.75 Å². The lowest BCUT2D eigenvalue weighted by molar-refractivity contribution is -0.125. The minimum Gasteiger partial charge on any atom is -0.497 e. The zero-order valence-electron chi connectivity index (χ0n) is 15.5. The van der Waals surface area contributed by atoms with E-state index < -0.39 is 0 Å². The second kappa shape index (κ2) is 8.40. The number of likely N-dealkylation sites (N-methyl/N-ethyl adjacent to an activating group) is 1. The average molecular weight is 365 g/mol. The molecular weight excluding hydrogens is 342 g/mol. The predicted octanol–water partition coefficient (Wildman–Crippen LogP) is 2.64. The molecule has 3 aromatic rings. The number of benzene rings is 2. The Morgan fingerprint density at radius 1 is 1.04 bits per heavy atom. The monoisotopic (exact) mass is 365 g/mol. The fourth-order valence-electron chi connectivity index (χ4n) is 3.06. The Morgan fingerprint density at radius 2 is 1.78 bits per heavy atom. The van der Waals surface area contributed by atoms with Crippen molar-refractivity contribution < 1.29 is 14.3 Å². The molecule has 140 valence electrons. The maximum absolute atomic E-state index is 12.1. The van der Waals surface area contributed by atoms with Gasteiger partial charge in [0.15, 0.2) is 0 Å². The number of nitrogens with one attached hydrogen (secondary N) is 3. The molecule has 0 saturated heterocycles. The number of methoxy groups -OCH3 is 1. The van der Waals surface area contributed by atoms with Gasteiger partial charge in [-0.25, -0.2) is 0 Å². The van der Waals surface area contributed by atoms with E-state index in [0.29, 0.717) is 12.8 Å². The van der Waals surface area contributed by atoms with Crippen molar-refractivity contribution in [3.8, 4) is 17.0 Å². The van der Waals surface area contributed by atoms with Gasteiger partial charge in [0, 0.05) is 30.1 Å². The summed E-state index contributed by atoms with van der Waals surface area (Å²) in [4.78, 5) is 26.8. The number of rotatable bonds is 7. The molecule has 0 unspecified atom stereocenters. The van der Waals surface area contributed by atoms with Crippen molar-refractivity contribution in [1.82, 2.24) is 15.6 Å². The second-order valence-electron chi connectivity index (χ2n) is 6.20. The summed E-state index contributed by atoms with van der Waals surface area (Å²) < 4.78 is 5.23. The lowest BCUT2D eigenvalue weighted by Gasteiger charge is -2.07. The van der Waals surface area contributed by atoms with E-state index in [1.54, 1.807) is 14.2 Å². The number of hydrogen-bond acceptors (Lipinski definition) is 3. The minimum atomic E-state index is -0.214. The minimum absolute atomic E-state index is 0.00540. The summed E-state index contributed by atoms with van der Waals surface area (Å²) in [5.74, 6) is 0.434. The van der Waals surface area contributed by atoms with Gasteiger partial charge in [-0.05, 0) is 47.9 Å². The van der Waals surface area contributed by atoms with Crippen molar-refractivity contribution >= 4 is 22.7 Å². The first-order valence-electron chi connectivity index (χ1n) is 8.83. The van der Waals surface area contributed by atoms with Gasteiger partial charge in [0.05, 0.1) is 13.7 Å². The van der Waals surface area contributed by atoms with Crippen LogP contribution in [0.3, 0.4) is 0 Å². The van der Waals surface area contributed by atoms with E-state index >= 15 is 0 Å². The summed E-state index contributed by atoms with van der Waals surface area (Å²) in [6.07, 6.45) is 0.882. The first kappa shape index (κ1) is 18.5. The van der Waals surface area contributed by atoms with Crippen LogP contribution in [0.1, 0.15) is 12.0 Å². The number of amides is 2. The number of aryl methyl sites for hydroxylation is 1. The summed E-state index contributed by atoms with van der Waals surface area (Å²) in [5, 5.41) is 6.23. The number of aromatic amines is 1. The number of hydrogen-bond donors (Lipinski definition) is 3. The van der Waals surface area contributed by atoms with Crippen molar-refractivity contribution in [3.05, 3.63) is 54.1 Å². The molecule has 0 aliphatic carbocycles. The predicted molar refractivity (Wildman–Crippen MR) is 106 cm³/mol. The average Bonchev–Trinajstić information content (AvgIpc) is 3.09. The van der Waals surface area contributed by atoms with Gasteiger partial charge in [0.2, 0.25) is 11.8 Å². The normalized spacial score (nSPS) is 10.6. The third kappa shape index (κ3) is 4.28. The van der Waals surface area contributed by atoms with Gasteiger partial charge in [0.1, 0.15) is 5.75 Å². The van der Waals surface area contributed by atoms with Crippen LogP contribution in [0, 0.1) is 0 Å². The second-order valence-corrected chi connectivity index (χ2v) is 6.20. The highest BCUT2D eigenvalue weighted by Crippen LogP contribution is 2.32. The number of carbonyl (C=O) groups excluding carboxylic acids is 2. The van der Waals surface area contributed by atoms with E-state index in [0.717, 1.165) is 33.5 Å². The molecule has 3 rings (SSSR count). The maximum atomic E-state index is 12.1.